The second kappa shape index (κ2) is 5.71. The van der Waals surface area contributed by atoms with Crippen LogP contribution in [0.2, 0.25) is 0 Å². The molecule has 6 heteroatoms. The van der Waals surface area contributed by atoms with Gasteiger partial charge in [0, 0.05) is 0 Å². The van der Waals surface area contributed by atoms with Crippen LogP contribution in [0.5, 0.6) is 5.75 Å². The van der Waals surface area contributed by atoms with Gasteiger partial charge in [-0.3, -0.25) is 10.1 Å². The number of imide groups is 1. The molecule has 0 spiro atoms. The zero-order valence-electron chi connectivity index (χ0n) is 9.90. The van der Waals surface area contributed by atoms with Crippen LogP contribution in [0.3, 0.4) is 0 Å². The Morgan fingerprint density at radius 3 is 2.68 bits per heavy atom. The lowest BCUT2D eigenvalue weighted by atomic mass is 10.2. The van der Waals surface area contributed by atoms with Gasteiger partial charge in [0.1, 0.15) is 18.1 Å². The molecule has 0 bridgehead atoms. The summed E-state index contributed by atoms with van der Waals surface area (Å²) >= 11 is 3.38. The number of carbonyl (C=O) groups is 2. The summed E-state index contributed by atoms with van der Waals surface area (Å²) in [5.41, 5.74) is 0.988. The molecule has 19 heavy (non-hydrogen) atoms. The first kappa shape index (κ1) is 13.4. The molecule has 0 unspecified atom stereocenters. The van der Waals surface area contributed by atoms with Gasteiger partial charge in [-0.2, -0.15) is 0 Å². The van der Waals surface area contributed by atoms with Gasteiger partial charge in [0.2, 0.25) is 0 Å². The van der Waals surface area contributed by atoms with E-state index in [9.17, 15) is 9.59 Å². The van der Waals surface area contributed by atoms with Gasteiger partial charge >= 0.3 is 6.03 Å². The molecule has 0 atom stereocenters. The predicted octanol–water partition coefficient (Wildman–Crippen LogP) is 2.19. The Hall–Kier alpha value is -2.08. The Balaban J connectivity index is 2.20. The van der Waals surface area contributed by atoms with Gasteiger partial charge in [-0.25, -0.2) is 4.79 Å². The molecule has 98 valence electrons. The number of halogens is 1. The molecule has 1 aliphatic rings. The lowest BCUT2D eigenvalue weighted by Crippen LogP contribution is -2.22. The molecule has 1 fully saturated rings. The third-order valence-corrected chi connectivity index (χ3v) is 2.96. The SMILES string of the molecule is C=CCOc1ccc(/C=C2/NC(=O)NC2=O)cc1Br. The number of carbonyl (C=O) groups excluding carboxylic acids is 2. The number of hydrogen-bond donors (Lipinski definition) is 2. The minimum Gasteiger partial charge on any atom is -0.488 e. The molecule has 1 heterocycles. The molecule has 0 radical (unpaired) electrons. The highest BCUT2D eigenvalue weighted by molar-refractivity contribution is 9.10. The first-order chi connectivity index (χ1) is 9.10. The Bertz CT molecular complexity index is 581. The molecule has 1 aromatic carbocycles. The van der Waals surface area contributed by atoms with Crippen LogP contribution in [0.15, 0.2) is 41.0 Å². The smallest absolute Gasteiger partial charge is 0.326 e. The maximum atomic E-state index is 11.4. The van der Waals surface area contributed by atoms with E-state index in [4.69, 9.17) is 4.74 Å². The van der Waals surface area contributed by atoms with Crippen molar-refractivity contribution in [3.63, 3.8) is 0 Å². The van der Waals surface area contributed by atoms with Crippen molar-refractivity contribution in [3.05, 3.63) is 46.6 Å². The predicted molar refractivity (Wildman–Crippen MR) is 74.5 cm³/mol. The molecular weight excluding hydrogens is 312 g/mol. The number of hydrogen-bond acceptors (Lipinski definition) is 3. The zero-order valence-corrected chi connectivity index (χ0v) is 11.5. The van der Waals surface area contributed by atoms with Crippen LogP contribution in [0.25, 0.3) is 6.08 Å². The van der Waals surface area contributed by atoms with Gasteiger partial charge in [-0.1, -0.05) is 18.7 Å². The summed E-state index contributed by atoms with van der Waals surface area (Å²) in [6.45, 7) is 3.99. The van der Waals surface area contributed by atoms with Gasteiger partial charge in [-0.05, 0) is 39.7 Å². The van der Waals surface area contributed by atoms with Crippen LogP contribution >= 0.6 is 15.9 Å². The number of urea groups is 1. The number of amides is 3. The average Bonchev–Trinajstić information content (AvgIpc) is 2.67. The summed E-state index contributed by atoms with van der Waals surface area (Å²) in [5.74, 6) is 0.245. The van der Waals surface area contributed by atoms with Crippen molar-refractivity contribution in [2.45, 2.75) is 0 Å². The standard InChI is InChI=1S/C13H11BrN2O3/c1-2-5-19-11-4-3-8(6-9(11)14)7-10-12(17)16-13(18)15-10/h2-4,6-7H,1,5H2,(H2,15,16,17,18)/b10-7+. The molecule has 0 aliphatic carbocycles. The molecule has 3 amide bonds. The van der Waals surface area contributed by atoms with Crippen molar-refractivity contribution in [3.8, 4) is 5.75 Å². The van der Waals surface area contributed by atoms with E-state index in [2.05, 4.69) is 33.1 Å². The minimum absolute atomic E-state index is 0.219. The Labute approximate surface area is 118 Å². The molecule has 1 aromatic rings. The minimum atomic E-state index is -0.513. The monoisotopic (exact) mass is 322 g/mol. The van der Waals surface area contributed by atoms with Crippen LogP contribution in [0.4, 0.5) is 4.79 Å². The summed E-state index contributed by atoms with van der Waals surface area (Å²) in [7, 11) is 0. The highest BCUT2D eigenvalue weighted by atomic mass is 79.9. The number of ether oxygens (including phenoxy) is 1. The second-order valence-corrected chi connectivity index (χ2v) is 4.61. The number of nitrogens with one attached hydrogen (secondary N) is 2. The fourth-order valence-corrected chi connectivity index (χ4v) is 2.03. The van der Waals surface area contributed by atoms with Gasteiger partial charge in [0.05, 0.1) is 4.47 Å². The van der Waals surface area contributed by atoms with E-state index in [1.165, 1.54) is 0 Å². The molecule has 2 N–H and O–H groups in total. The van der Waals surface area contributed by atoms with Crippen molar-refractivity contribution in [2.75, 3.05) is 6.61 Å². The Morgan fingerprint density at radius 1 is 1.32 bits per heavy atom. The summed E-state index contributed by atoms with van der Waals surface area (Å²) in [5, 5.41) is 4.56. The molecule has 1 aliphatic heterocycles. The van der Waals surface area contributed by atoms with E-state index in [1.807, 2.05) is 0 Å². The summed E-state index contributed by atoms with van der Waals surface area (Å²) < 4.78 is 6.17. The molecule has 0 saturated carbocycles. The summed E-state index contributed by atoms with van der Waals surface area (Å²) in [6, 6.07) is 4.84. The topological polar surface area (TPSA) is 67.4 Å². The van der Waals surface area contributed by atoms with E-state index in [0.717, 1.165) is 10.0 Å². The molecule has 1 saturated heterocycles. The number of rotatable bonds is 4. The highest BCUT2D eigenvalue weighted by Crippen LogP contribution is 2.27. The first-order valence-electron chi connectivity index (χ1n) is 5.47. The Morgan fingerprint density at radius 2 is 2.11 bits per heavy atom. The van der Waals surface area contributed by atoms with Gasteiger partial charge < -0.3 is 10.1 Å². The van der Waals surface area contributed by atoms with Crippen molar-refractivity contribution >= 4 is 33.9 Å². The fraction of sp³-hybridized carbons (Fsp3) is 0.0769. The third kappa shape index (κ3) is 3.23. The largest absolute Gasteiger partial charge is 0.488 e. The summed E-state index contributed by atoms with van der Waals surface area (Å²) in [4.78, 5) is 22.3. The van der Waals surface area contributed by atoms with Crippen LogP contribution in [-0.2, 0) is 4.79 Å². The van der Waals surface area contributed by atoms with E-state index in [0.29, 0.717) is 12.4 Å². The van der Waals surface area contributed by atoms with Crippen LogP contribution < -0.4 is 15.4 Å². The molecule has 5 nitrogen and oxygen atoms in total. The highest BCUT2D eigenvalue weighted by Gasteiger charge is 2.22. The van der Waals surface area contributed by atoms with Gasteiger partial charge in [0.15, 0.2) is 0 Å². The molecule has 2 rings (SSSR count). The maximum Gasteiger partial charge on any atom is 0.326 e. The first-order valence-corrected chi connectivity index (χ1v) is 6.26. The average molecular weight is 323 g/mol. The van der Waals surface area contributed by atoms with Crippen molar-refractivity contribution in [1.82, 2.24) is 10.6 Å². The van der Waals surface area contributed by atoms with Crippen LogP contribution in [-0.4, -0.2) is 18.5 Å². The lowest BCUT2D eigenvalue weighted by molar-refractivity contribution is -0.115. The van der Waals surface area contributed by atoms with Crippen molar-refractivity contribution < 1.29 is 14.3 Å². The fourth-order valence-electron chi connectivity index (χ4n) is 1.52. The lowest BCUT2D eigenvalue weighted by Gasteiger charge is -2.06. The summed E-state index contributed by atoms with van der Waals surface area (Å²) in [6.07, 6.45) is 3.24. The quantitative estimate of drug-likeness (QED) is 0.507. The Kier molecular flexibility index (Phi) is 4.01. The molecular formula is C13H11BrN2O3. The van der Waals surface area contributed by atoms with E-state index >= 15 is 0 Å². The second-order valence-electron chi connectivity index (χ2n) is 3.76. The van der Waals surface area contributed by atoms with Crippen molar-refractivity contribution in [1.29, 1.82) is 0 Å². The number of benzene rings is 1. The van der Waals surface area contributed by atoms with Gasteiger partial charge in [0.25, 0.3) is 5.91 Å². The van der Waals surface area contributed by atoms with Crippen molar-refractivity contribution in [2.24, 2.45) is 0 Å². The van der Waals surface area contributed by atoms with E-state index in [1.54, 1.807) is 30.4 Å². The van der Waals surface area contributed by atoms with E-state index in [-0.39, 0.29) is 5.70 Å². The zero-order chi connectivity index (χ0) is 13.8. The van der Waals surface area contributed by atoms with E-state index < -0.39 is 11.9 Å². The van der Waals surface area contributed by atoms with Crippen LogP contribution in [0, 0.1) is 0 Å². The van der Waals surface area contributed by atoms with Crippen LogP contribution in [0.1, 0.15) is 5.56 Å². The maximum absolute atomic E-state index is 11.4. The molecule has 0 aromatic heterocycles. The normalized spacial score (nSPS) is 16.2. The third-order valence-electron chi connectivity index (χ3n) is 2.34. The van der Waals surface area contributed by atoms with Gasteiger partial charge in [-0.15, -0.1) is 0 Å².